The number of aliphatic hydroxyl groups excluding tert-OH is 1. The van der Waals surface area contributed by atoms with Crippen LogP contribution < -0.4 is 9.47 Å². The van der Waals surface area contributed by atoms with Gasteiger partial charge in [0, 0.05) is 0 Å². The van der Waals surface area contributed by atoms with Gasteiger partial charge in [-0.15, -0.1) is 0 Å². The summed E-state index contributed by atoms with van der Waals surface area (Å²) < 4.78 is 11.5. The fraction of sp³-hybridized carbons (Fsp3) is 0.538. The van der Waals surface area contributed by atoms with Crippen molar-refractivity contribution >= 4 is 15.9 Å². The predicted octanol–water partition coefficient (Wildman–Crippen LogP) is 3.34. The molecule has 2 unspecified atom stereocenters. The number of benzene rings is 1. The average molecular weight is 303 g/mol. The van der Waals surface area contributed by atoms with Gasteiger partial charge in [0.05, 0.1) is 20.3 Å². The molecule has 1 N–H and O–H groups in total. The monoisotopic (exact) mass is 302 g/mol. The molecule has 1 aromatic carbocycles. The summed E-state index contributed by atoms with van der Waals surface area (Å²) in [6.07, 6.45) is 0.380. The number of ether oxygens (including phenoxy) is 2. The molecular weight excluding hydrogens is 284 g/mol. The zero-order valence-corrected chi connectivity index (χ0v) is 12.2. The second kappa shape index (κ2) is 6.26. The molecule has 96 valence electrons. The summed E-state index contributed by atoms with van der Waals surface area (Å²) in [6.45, 7) is 3.87. The van der Waals surface area contributed by atoms with Crippen molar-refractivity contribution in [1.82, 2.24) is 0 Å². The van der Waals surface area contributed by atoms with Crippen LogP contribution in [0, 0.1) is 0 Å². The van der Waals surface area contributed by atoms with E-state index in [0.717, 1.165) is 21.5 Å². The van der Waals surface area contributed by atoms with Crippen LogP contribution in [0.1, 0.15) is 31.7 Å². The van der Waals surface area contributed by atoms with Gasteiger partial charge in [-0.25, -0.2) is 0 Å². The minimum Gasteiger partial charge on any atom is -0.495 e. The maximum Gasteiger partial charge on any atom is 0.140 e. The summed E-state index contributed by atoms with van der Waals surface area (Å²) in [5.41, 5.74) is 1.07. The Morgan fingerprint density at radius 1 is 1.24 bits per heavy atom. The maximum absolute atomic E-state index is 9.44. The van der Waals surface area contributed by atoms with Gasteiger partial charge in [-0.05, 0) is 46.8 Å². The van der Waals surface area contributed by atoms with Crippen molar-refractivity contribution in [3.05, 3.63) is 22.2 Å². The number of hydrogen-bond donors (Lipinski definition) is 1. The minimum absolute atomic E-state index is 0.229. The normalized spacial score (nSPS) is 14.2. The van der Waals surface area contributed by atoms with Gasteiger partial charge in [-0.1, -0.05) is 13.0 Å². The van der Waals surface area contributed by atoms with Crippen molar-refractivity contribution in [2.24, 2.45) is 0 Å². The topological polar surface area (TPSA) is 38.7 Å². The van der Waals surface area contributed by atoms with Gasteiger partial charge in [0.1, 0.15) is 16.0 Å². The van der Waals surface area contributed by atoms with E-state index in [4.69, 9.17) is 9.47 Å². The molecule has 3 nitrogen and oxygen atoms in total. The molecule has 0 aliphatic carbocycles. The Morgan fingerprint density at radius 3 is 2.35 bits per heavy atom. The molecule has 4 heteroatoms. The van der Waals surface area contributed by atoms with Crippen LogP contribution in [-0.2, 0) is 0 Å². The van der Waals surface area contributed by atoms with E-state index in [2.05, 4.69) is 22.9 Å². The molecule has 0 aromatic heterocycles. The van der Waals surface area contributed by atoms with Crippen LogP contribution in [0.3, 0.4) is 0 Å². The van der Waals surface area contributed by atoms with Crippen LogP contribution in [0.15, 0.2) is 16.6 Å². The Kier molecular flexibility index (Phi) is 5.28. The number of methoxy groups -OCH3 is 2. The van der Waals surface area contributed by atoms with Gasteiger partial charge in [0.2, 0.25) is 0 Å². The van der Waals surface area contributed by atoms with Crippen LogP contribution in [0.2, 0.25) is 0 Å². The van der Waals surface area contributed by atoms with E-state index < -0.39 is 0 Å². The largest absolute Gasteiger partial charge is 0.495 e. The molecule has 0 radical (unpaired) electrons. The van der Waals surface area contributed by atoms with E-state index in [1.807, 2.05) is 12.1 Å². The first kappa shape index (κ1) is 14.3. The number of hydrogen-bond acceptors (Lipinski definition) is 3. The molecule has 1 aromatic rings. The number of rotatable bonds is 5. The van der Waals surface area contributed by atoms with Gasteiger partial charge in [0.15, 0.2) is 0 Å². The molecule has 2 atom stereocenters. The van der Waals surface area contributed by atoms with Crippen molar-refractivity contribution in [2.45, 2.75) is 32.3 Å². The fourth-order valence-corrected chi connectivity index (χ4v) is 2.63. The van der Waals surface area contributed by atoms with Gasteiger partial charge >= 0.3 is 0 Å². The second-order valence-corrected chi connectivity index (χ2v) is 4.98. The first-order valence-corrected chi connectivity index (χ1v) is 6.39. The van der Waals surface area contributed by atoms with E-state index in [0.29, 0.717) is 6.42 Å². The van der Waals surface area contributed by atoms with Gasteiger partial charge in [-0.2, -0.15) is 0 Å². The van der Waals surface area contributed by atoms with Crippen molar-refractivity contribution in [3.8, 4) is 11.5 Å². The molecule has 0 fully saturated rings. The molecule has 0 spiro atoms. The van der Waals surface area contributed by atoms with E-state index in [-0.39, 0.29) is 12.0 Å². The summed E-state index contributed by atoms with van der Waals surface area (Å²) in [5.74, 6) is 1.75. The lowest BCUT2D eigenvalue weighted by molar-refractivity contribution is 0.176. The fourth-order valence-electron chi connectivity index (χ4n) is 1.94. The predicted molar refractivity (Wildman–Crippen MR) is 72.0 cm³/mol. The quantitative estimate of drug-likeness (QED) is 0.906. The zero-order valence-electron chi connectivity index (χ0n) is 10.7. The van der Waals surface area contributed by atoms with Crippen LogP contribution in [0.25, 0.3) is 0 Å². The summed E-state index contributed by atoms with van der Waals surface area (Å²) in [5, 5.41) is 9.44. The third-order valence-corrected chi connectivity index (χ3v) is 3.49. The minimum atomic E-state index is -0.324. The van der Waals surface area contributed by atoms with Crippen LogP contribution >= 0.6 is 15.9 Å². The Morgan fingerprint density at radius 2 is 1.88 bits per heavy atom. The third kappa shape index (κ3) is 3.36. The molecule has 0 saturated carbocycles. The average Bonchev–Trinajstić information content (AvgIpc) is 2.27. The summed E-state index contributed by atoms with van der Waals surface area (Å²) in [6, 6.07) is 3.88. The van der Waals surface area contributed by atoms with Gasteiger partial charge in [-0.3, -0.25) is 0 Å². The molecule has 1 rings (SSSR count). The zero-order chi connectivity index (χ0) is 13.0. The van der Waals surface area contributed by atoms with Gasteiger partial charge < -0.3 is 14.6 Å². The van der Waals surface area contributed by atoms with E-state index in [9.17, 15) is 5.11 Å². The SMILES string of the molecule is COc1ccc(C(C)CC(C)O)c(OC)c1Br. The molecule has 0 heterocycles. The standard InChI is InChI=1S/C13H19BrO3/c1-8(7-9(2)15)10-5-6-11(16-3)12(14)13(10)17-4/h5-6,8-9,15H,7H2,1-4H3. The van der Waals surface area contributed by atoms with Crippen LogP contribution in [0.4, 0.5) is 0 Å². The molecule has 0 bridgehead atoms. The summed E-state index contributed by atoms with van der Waals surface area (Å²) in [7, 11) is 3.26. The lowest BCUT2D eigenvalue weighted by Gasteiger charge is -2.19. The van der Waals surface area contributed by atoms with E-state index >= 15 is 0 Å². The van der Waals surface area contributed by atoms with E-state index in [1.54, 1.807) is 21.1 Å². The van der Waals surface area contributed by atoms with Crippen LogP contribution in [-0.4, -0.2) is 25.4 Å². The van der Waals surface area contributed by atoms with Crippen molar-refractivity contribution in [1.29, 1.82) is 0 Å². The maximum atomic E-state index is 9.44. The highest BCUT2D eigenvalue weighted by Gasteiger charge is 2.18. The van der Waals surface area contributed by atoms with Crippen molar-refractivity contribution < 1.29 is 14.6 Å². The lowest BCUT2D eigenvalue weighted by atomic mass is 9.94. The number of halogens is 1. The highest BCUT2D eigenvalue weighted by molar-refractivity contribution is 9.10. The second-order valence-electron chi connectivity index (χ2n) is 4.19. The third-order valence-electron chi connectivity index (χ3n) is 2.74. The molecule has 17 heavy (non-hydrogen) atoms. The highest BCUT2D eigenvalue weighted by Crippen LogP contribution is 2.41. The molecule has 0 aliphatic heterocycles. The van der Waals surface area contributed by atoms with Crippen molar-refractivity contribution in [3.63, 3.8) is 0 Å². The Balaban J connectivity index is 3.11. The van der Waals surface area contributed by atoms with Crippen molar-refractivity contribution in [2.75, 3.05) is 14.2 Å². The van der Waals surface area contributed by atoms with E-state index in [1.165, 1.54) is 0 Å². The molecule has 0 aliphatic rings. The molecule has 0 amide bonds. The van der Waals surface area contributed by atoms with Crippen LogP contribution in [0.5, 0.6) is 11.5 Å². The summed E-state index contributed by atoms with van der Waals surface area (Å²) in [4.78, 5) is 0. The van der Waals surface area contributed by atoms with Gasteiger partial charge in [0.25, 0.3) is 0 Å². The number of aliphatic hydroxyl groups is 1. The first-order valence-electron chi connectivity index (χ1n) is 5.59. The summed E-state index contributed by atoms with van der Waals surface area (Å²) >= 11 is 3.47. The first-order chi connectivity index (χ1) is 8.01. The Hall–Kier alpha value is -0.740. The molecule has 0 saturated heterocycles. The Bertz CT molecular complexity index is 377. The molecular formula is C13H19BrO3. The smallest absolute Gasteiger partial charge is 0.140 e. The Labute approximate surface area is 111 Å². The highest BCUT2D eigenvalue weighted by atomic mass is 79.9. The lowest BCUT2D eigenvalue weighted by Crippen LogP contribution is -2.07.